The molecule has 0 unspecified atom stereocenters. The molecule has 0 heterocycles. The van der Waals surface area contributed by atoms with Gasteiger partial charge in [0.1, 0.15) is 6.61 Å². The summed E-state index contributed by atoms with van der Waals surface area (Å²) >= 11 is 0. The second-order valence-corrected chi connectivity index (χ2v) is 2.66. The Labute approximate surface area is 101 Å². The largest absolute Gasteiger partial charge is 0.324 e. The topological polar surface area (TPSA) is 107 Å². The molecule has 0 atom stereocenters. The molecule has 0 saturated carbocycles. The van der Waals surface area contributed by atoms with Gasteiger partial charge in [0.25, 0.3) is 11.6 Å². The lowest BCUT2D eigenvalue weighted by Crippen LogP contribution is -2.20. The van der Waals surface area contributed by atoms with Crippen LogP contribution < -0.4 is 11.2 Å². The third-order valence-electron chi connectivity index (χ3n) is 1.58. The number of carbonyl (C=O) groups is 1. The summed E-state index contributed by atoms with van der Waals surface area (Å²) in [7, 11) is 0. The number of carbonyl (C=O) groups excluding carboxylic acids is 1. The average molecular weight is 292 g/mol. The van der Waals surface area contributed by atoms with Gasteiger partial charge in [0.15, 0.2) is 0 Å². The molecule has 1 aromatic carbocycles. The van der Waals surface area contributed by atoms with Crippen LogP contribution in [0.4, 0.5) is 11.4 Å². The Morgan fingerprint density at radius 2 is 2.00 bits per heavy atom. The summed E-state index contributed by atoms with van der Waals surface area (Å²) in [4.78, 5) is 24.9. The number of anilines is 1. The molecule has 1 aromatic rings. The maximum Gasteiger partial charge on any atom is 0.269 e. The number of amides is 1. The van der Waals surface area contributed by atoms with Crippen molar-refractivity contribution >= 4 is 34.3 Å². The number of non-ortho nitro benzene ring substituents is 1. The van der Waals surface area contributed by atoms with Crippen LogP contribution in [0.1, 0.15) is 0 Å². The van der Waals surface area contributed by atoms with Gasteiger partial charge in [-0.1, -0.05) is 0 Å². The molecular weight excluding hydrogens is 282 g/mol. The van der Waals surface area contributed by atoms with Crippen molar-refractivity contribution in [1.29, 1.82) is 0 Å². The molecule has 0 aliphatic heterocycles. The highest BCUT2D eigenvalue weighted by Gasteiger charge is 2.05. The van der Waals surface area contributed by atoms with Crippen molar-refractivity contribution in [3.63, 3.8) is 0 Å². The number of hydrogen-bond donors (Lipinski definition) is 2. The fourth-order valence-electron chi connectivity index (χ4n) is 0.939. The molecule has 0 fully saturated rings. The van der Waals surface area contributed by atoms with E-state index in [-0.39, 0.29) is 29.3 Å². The third-order valence-corrected chi connectivity index (χ3v) is 1.58. The van der Waals surface area contributed by atoms with Crippen molar-refractivity contribution in [1.82, 2.24) is 0 Å². The van der Waals surface area contributed by atoms with Gasteiger partial charge in [-0.05, 0) is 12.1 Å². The predicted molar refractivity (Wildman–Crippen MR) is 62.2 cm³/mol. The Bertz CT molecular complexity index is 368. The molecule has 0 aliphatic rings. The van der Waals surface area contributed by atoms with E-state index in [1.54, 1.807) is 0 Å². The van der Waals surface area contributed by atoms with Crippen molar-refractivity contribution in [2.75, 3.05) is 11.9 Å². The first kappa shape index (κ1) is 14.5. The van der Waals surface area contributed by atoms with E-state index in [0.29, 0.717) is 5.69 Å². The van der Waals surface area contributed by atoms with E-state index in [1.807, 2.05) is 0 Å². The zero-order chi connectivity index (χ0) is 11.3. The molecule has 0 radical (unpaired) electrons. The van der Waals surface area contributed by atoms with Crippen LogP contribution in [0.3, 0.4) is 0 Å². The van der Waals surface area contributed by atoms with Crippen LogP contribution in [-0.2, 0) is 9.63 Å². The quantitative estimate of drug-likeness (QED) is 0.636. The zero-order valence-electron chi connectivity index (χ0n) is 8.08. The molecule has 0 bridgehead atoms. The number of hydrogen-bond acceptors (Lipinski definition) is 5. The van der Waals surface area contributed by atoms with Crippen LogP contribution in [-0.4, -0.2) is 17.4 Å². The number of nitrogens with one attached hydrogen (secondary N) is 1. The van der Waals surface area contributed by atoms with E-state index >= 15 is 0 Å². The zero-order valence-corrected chi connectivity index (χ0v) is 9.80. The van der Waals surface area contributed by atoms with Crippen molar-refractivity contribution < 1.29 is 14.6 Å². The molecule has 16 heavy (non-hydrogen) atoms. The summed E-state index contributed by atoms with van der Waals surface area (Å²) in [6.07, 6.45) is 0. The first-order valence-electron chi connectivity index (χ1n) is 3.99. The first-order valence-corrected chi connectivity index (χ1v) is 3.99. The number of rotatable bonds is 4. The average Bonchev–Trinajstić information content (AvgIpc) is 2.18. The Hall–Kier alpha value is -1.51. The normalized spacial score (nSPS) is 9.06. The van der Waals surface area contributed by atoms with Crippen LogP contribution >= 0.6 is 17.0 Å². The fourth-order valence-corrected chi connectivity index (χ4v) is 0.939. The maximum absolute atomic E-state index is 11.0. The molecular formula is C8H10BrN3O4. The maximum atomic E-state index is 11.0. The predicted octanol–water partition coefficient (Wildman–Crippen LogP) is 1.00. The lowest BCUT2D eigenvalue weighted by Gasteiger charge is -2.02. The lowest BCUT2D eigenvalue weighted by atomic mass is 10.3. The van der Waals surface area contributed by atoms with Gasteiger partial charge >= 0.3 is 0 Å². The molecule has 3 N–H and O–H groups in total. The van der Waals surface area contributed by atoms with E-state index in [9.17, 15) is 14.9 Å². The van der Waals surface area contributed by atoms with E-state index in [4.69, 9.17) is 5.90 Å². The molecule has 88 valence electrons. The highest BCUT2D eigenvalue weighted by Crippen LogP contribution is 2.14. The third kappa shape index (κ3) is 4.34. The SMILES string of the molecule is Br.NOCC(=O)Nc1ccc([N+](=O)[O-])cc1. The van der Waals surface area contributed by atoms with Crippen LogP contribution in [0.25, 0.3) is 0 Å². The molecule has 1 amide bonds. The van der Waals surface area contributed by atoms with Crippen molar-refractivity contribution in [3.8, 4) is 0 Å². The van der Waals surface area contributed by atoms with Gasteiger partial charge in [0.05, 0.1) is 4.92 Å². The van der Waals surface area contributed by atoms with E-state index in [2.05, 4.69) is 10.2 Å². The minimum absolute atomic E-state index is 0. The van der Waals surface area contributed by atoms with Gasteiger partial charge in [-0.2, -0.15) is 0 Å². The minimum Gasteiger partial charge on any atom is -0.324 e. The van der Waals surface area contributed by atoms with Crippen molar-refractivity contribution in [2.45, 2.75) is 0 Å². The Balaban J connectivity index is 0.00000225. The number of nitrogens with zero attached hydrogens (tertiary/aromatic N) is 1. The molecule has 0 aromatic heterocycles. The monoisotopic (exact) mass is 291 g/mol. The van der Waals surface area contributed by atoms with Crippen molar-refractivity contribution in [2.24, 2.45) is 5.90 Å². The summed E-state index contributed by atoms with van der Waals surface area (Å²) < 4.78 is 0. The van der Waals surface area contributed by atoms with E-state index in [1.165, 1.54) is 24.3 Å². The molecule has 1 rings (SSSR count). The molecule has 7 nitrogen and oxygen atoms in total. The van der Waals surface area contributed by atoms with Gasteiger partial charge in [-0.3, -0.25) is 19.7 Å². The number of nitro benzene ring substituents is 1. The number of halogens is 1. The van der Waals surface area contributed by atoms with Gasteiger partial charge in [-0.25, -0.2) is 5.90 Å². The summed E-state index contributed by atoms with van der Waals surface area (Å²) in [5, 5.41) is 12.8. The highest BCUT2D eigenvalue weighted by atomic mass is 79.9. The summed E-state index contributed by atoms with van der Waals surface area (Å²) in [5.74, 6) is 4.27. The summed E-state index contributed by atoms with van der Waals surface area (Å²) in [5.41, 5.74) is 0.408. The lowest BCUT2D eigenvalue weighted by molar-refractivity contribution is -0.384. The second-order valence-electron chi connectivity index (χ2n) is 2.66. The van der Waals surface area contributed by atoms with Crippen molar-refractivity contribution in [3.05, 3.63) is 34.4 Å². The number of nitrogens with two attached hydrogens (primary N) is 1. The van der Waals surface area contributed by atoms with Crippen LogP contribution in [0, 0.1) is 10.1 Å². The van der Waals surface area contributed by atoms with Gasteiger partial charge in [0.2, 0.25) is 0 Å². The standard InChI is InChI=1S/C8H9N3O4.BrH/c9-15-5-8(12)10-6-1-3-7(4-2-6)11(13)14;/h1-4H,5,9H2,(H,10,12);1H. The van der Waals surface area contributed by atoms with Gasteiger partial charge in [0, 0.05) is 17.8 Å². The Kier molecular flexibility index (Phi) is 6.23. The first-order chi connectivity index (χ1) is 7.13. The van der Waals surface area contributed by atoms with Gasteiger partial charge < -0.3 is 5.32 Å². The number of benzene rings is 1. The second kappa shape index (κ2) is 6.88. The van der Waals surface area contributed by atoms with E-state index < -0.39 is 10.8 Å². The van der Waals surface area contributed by atoms with Gasteiger partial charge in [-0.15, -0.1) is 17.0 Å². The van der Waals surface area contributed by atoms with Crippen LogP contribution in [0.2, 0.25) is 0 Å². The molecule has 0 aliphatic carbocycles. The molecule has 0 spiro atoms. The minimum atomic E-state index is -0.519. The van der Waals surface area contributed by atoms with Crippen LogP contribution in [0.5, 0.6) is 0 Å². The fraction of sp³-hybridized carbons (Fsp3) is 0.125. The Morgan fingerprint density at radius 3 is 2.44 bits per heavy atom. The van der Waals surface area contributed by atoms with E-state index in [0.717, 1.165) is 0 Å². The molecule has 8 heteroatoms. The van der Waals surface area contributed by atoms with Crippen LogP contribution in [0.15, 0.2) is 24.3 Å². The summed E-state index contributed by atoms with van der Waals surface area (Å²) in [6.45, 7) is -0.267. The smallest absolute Gasteiger partial charge is 0.269 e. The Morgan fingerprint density at radius 1 is 1.44 bits per heavy atom. The number of nitro groups is 1. The molecule has 0 saturated heterocycles. The highest BCUT2D eigenvalue weighted by molar-refractivity contribution is 8.93. The summed E-state index contributed by atoms with van der Waals surface area (Å²) in [6, 6.07) is 5.43.